The highest BCUT2D eigenvalue weighted by Crippen LogP contribution is 2.43. The summed E-state index contributed by atoms with van der Waals surface area (Å²) < 4.78 is 33.9. The predicted molar refractivity (Wildman–Crippen MR) is 121 cm³/mol. The zero-order chi connectivity index (χ0) is 24.6. The normalized spacial score (nSPS) is 17.4. The number of halogens is 2. The lowest BCUT2D eigenvalue weighted by atomic mass is 9.95. The maximum Gasteiger partial charge on any atom is 0.300 e. The number of hydrogen-bond acceptors (Lipinski definition) is 5. The third kappa shape index (κ3) is 4.22. The average Bonchev–Trinajstić information content (AvgIpc) is 3.04. The Balaban J connectivity index is 1.92. The number of phenolic OH excluding ortho intramolecular Hbond substituents is 1. The van der Waals surface area contributed by atoms with E-state index < -0.39 is 35.1 Å². The Bertz CT molecular complexity index is 1300. The van der Waals surface area contributed by atoms with Crippen molar-refractivity contribution in [2.24, 2.45) is 0 Å². The number of phenols is 1. The zero-order valence-electron chi connectivity index (χ0n) is 18.3. The summed E-state index contributed by atoms with van der Waals surface area (Å²) in [7, 11) is 0. The van der Waals surface area contributed by atoms with E-state index in [1.807, 2.05) is 13.8 Å². The van der Waals surface area contributed by atoms with E-state index in [9.17, 15) is 28.6 Å². The van der Waals surface area contributed by atoms with Crippen LogP contribution in [0.25, 0.3) is 5.76 Å². The molecule has 0 aromatic heterocycles. The van der Waals surface area contributed by atoms with E-state index in [1.165, 1.54) is 30.3 Å². The van der Waals surface area contributed by atoms with Gasteiger partial charge in [-0.05, 0) is 55.8 Å². The number of aliphatic hydroxyl groups excluding tert-OH is 1. The van der Waals surface area contributed by atoms with Gasteiger partial charge in [0.25, 0.3) is 11.7 Å². The Morgan fingerprint density at radius 3 is 2.35 bits per heavy atom. The molecule has 0 spiro atoms. The van der Waals surface area contributed by atoms with Gasteiger partial charge in [-0.15, -0.1) is 0 Å². The molecule has 0 radical (unpaired) electrons. The summed E-state index contributed by atoms with van der Waals surface area (Å²) in [5.74, 6) is -4.10. The van der Waals surface area contributed by atoms with Crippen molar-refractivity contribution in [1.29, 1.82) is 0 Å². The molecule has 8 heteroatoms. The highest BCUT2D eigenvalue weighted by atomic mass is 19.1. The molecule has 1 amide bonds. The van der Waals surface area contributed by atoms with Crippen molar-refractivity contribution in [2.45, 2.75) is 26.0 Å². The van der Waals surface area contributed by atoms with Crippen LogP contribution < -0.4 is 9.64 Å². The minimum atomic E-state index is -1.23. The van der Waals surface area contributed by atoms with Crippen LogP contribution in [0.2, 0.25) is 0 Å². The quantitative estimate of drug-likeness (QED) is 0.312. The second kappa shape index (κ2) is 8.97. The van der Waals surface area contributed by atoms with Crippen molar-refractivity contribution < 1.29 is 33.3 Å². The summed E-state index contributed by atoms with van der Waals surface area (Å²) in [5, 5.41) is 20.8. The van der Waals surface area contributed by atoms with E-state index in [0.29, 0.717) is 17.4 Å². The van der Waals surface area contributed by atoms with E-state index in [2.05, 4.69) is 0 Å². The number of aliphatic hydroxyl groups is 1. The molecule has 2 N–H and O–H groups in total. The Labute approximate surface area is 194 Å². The zero-order valence-corrected chi connectivity index (χ0v) is 18.3. The van der Waals surface area contributed by atoms with Crippen molar-refractivity contribution in [3.05, 3.63) is 95.1 Å². The molecule has 1 fully saturated rings. The number of benzene rings is 3. The van der Waals surface area contributed by atoms with Crippen LogP contribution in [0, 0.1) is 11.6 Å². The van der Waals surface area contributed by atoms with Crippen molar-refractivity contribution in [1.82, 2.24) is 0 Å². The lowest BCUT2D eigenvalue weighted by Crippen LogP contribution is -2.30. The number of carbonyl (C=O) groups excluding carboxylic acids is 2. The lowest BCUT2D eigenvalue weighted by molar-refractivity contribution is -0.132. The molecule has 1 saturated heterocycles. The number of ketones is 1. The van der Waals surface area contributed by atoms with Gasteiger partial charge in [0.05, 0.1) is 23.4 Å². The van der Waals surface area contributed by atoms with Crippen molar-refractivity contribution >= 4 is 23.1 Å². The number of rotatable bonds is 5. The number of carbonyl (C=O) groups is 2. The SMILES string of the molecule is CC(C)Oc1cccc(/C(O)=C2\C(=O)C(=O)N(c3ccc(F)cc3F)C2c2ccc(O)cc2)c1. The van der Waals surface area contributed by atoms with Gasteiger partial charge in [-0.3, -0.25) is 14.5 Å². The van der Waals surface area contributed by atoms with E-state index in [0.717, 1.165) is 17.0 Å². The van der Waals surface area contributed by atoms with Gasteiger partial charge in [-0.2, -0.15) is 0 Å². The van der Waals surface area contributed by atoms with Crippen LogP contribution in [0.1, 0.15) is 31.0 Å². The van der Waals surface area contributed by atoms with Crippen LogP contribution in [0.15, 0.2) is 72.3 Å². The van der Waals surface area contributed by atoms with Crippen LogP contribution in [0.5, 0.6) is 11.5 Å². The van der Waals surface area contributed by atoms with E-state index in [1.54, 1.807) is 18.2 Å². The van der Waals surface area contributed by atoms with Gasteiger partial charge in [-0.25, -0.2) is 8.78 Å². The first-order valence-electron chi connectivity index (χ1n) is 10.5. The largest absolute Gasteiger partial charge is 0.508 e. The molecule has 0 saturated carbocycles. The van der Waals surface area contributed by atoms with E-state index in [4.69, 9.17) is 4.74 Å². The summed E-state index contributed by atoms with van der Waals surface area (Å²) in [6.45, 7) is 3.67. The smallest absolute Gasteiger partial charge is 0.300 e. The van der Waals surface area contributed by atoms with Crippen LogP contribution in [0.3, 0.4) is 0 Å². The topological polar surface area (TPSA) is 87.1 Å². The Kier molecular flexibility index (Phi) is 6.06. The number of hydrogen-bond donors (Lipinski definition) is 2. The van der Waals surface area contributed by atoms with Gasteiger partial charge < -0.3 is 14.9 Å². The molecule has 3 aromatic rings. The first-order valence-corrected chi connectivity index (χ1v) is 10.5. The minimum Gasteiger partial charge on any atom is -0.508 e. The third-order valence-corrected chi connectivity index (χ3v) is 5.30. The fraction of sp³-hybridized carbons (Fsp3) is 0.154. The van der Waals surface area contributed by atoms with Crippen LogP contribution >= 0.6 is 0 Å². The molecular formula is C26H21F2NO5. The molecule has 1 aliphatic heterocycles. The second-order valence-electron chi connectivity index (χ2n) is 8.05. The van der Waals surface area contributed by atoms with Crippen LogP contribution in [-0.4, -0.2) is 28.0 Å². The summed E-state index contributed by atoms with van der Waals surface area (Å²) >= 11 is 0. The van der Waals surface area contributed by atoms with Gasteiger partial charge in [-0.1, -0.05) is 24.3 Å². The Hall–Kier alpha value is -4.20. The summed E-state index contributed by atoms with van der Waals surface area (Å²) in [6, 6.07) is 13.4. The molecule has 174 valence electrons. The number of aromatic hydroxyl groups is 1. The average molecular weight is 465 g/mol. The number of Topliss-reactive ketones (excluding diaryl/α,β-unsaturated/α-hetero) is 1. The molecule has 3 aromatic carbocycles. The predicted octanol–water partition coefficient (Wildman–Crippen LogP) is 5.08. The molecule has 6 nitrogen and oxygen atoms in total. The second-order valence-corrected chi connectivity index (χ2v) is 8.05. The Morgan fingerprint density at radius 1 is 1.00 bits per heavy atom. The lowest BCUT2D eigenvalue weighted by Gasteiger charge is -2.25. The van der Waals surface area contributed by atoms with Crippen molar-refractivity contribution in [3.8, 4) is 11.5 Å². The first-order chi connectivity index (χ1) is 16.2. The maximum absolute atomic E-state index is 14.7. The number of nitrogens with zero attached hydrogens (tertiary/aromatic N) is 1. The van der Waals surface area contributed by atoms with E-state index in [-0.39, 0.29) is 28.7 Å². The summed E-state index contributed by atoms with van der Waals surface area (Å²) in [4.78, 5) is 27.0. The number of amides is 1. The van der Waals surface area contributed by atoms with E-state index >= 15 is 0 Å². The molecule has 0 aliphatic carbocycles. The number of anilines is 1. The molecule has 1 unspecified atom stereocenters. The van der Waals surface area contributed by atoms with Gasteiger partial charge in [0.2, 0.25) is 0 Å². The summed E-state index contributed by atoms with van der Waals surface area (Å²) in [6.07, 6.45) is -0.138. The maximum atomic E-state index is 14.7. The standard InChI is InChI=1S/C26H21F2NO5/c1-14(2)34-19-5-3-4-16(12-19)24(31)22-23(15-6-9-18(30)10-7-15)29(26(33)25(22)32)21-11-8-17(27)13-20(21)28/h3-14,23,30-31H,1-2H3/b24-22+. The fourth-order valence-electron chi connectivity index (χ4n) is 3.87. The van der Waals surface area contributed by atoms with Crippen molar-refractivity contribution in [3.63, 3.8) is 0 Å². The summed E-state index contributed by atoms with van der Waals surface area (Å²) in [5.41, 5.74) is -0.0463. The fourth-order valence-corrected chi connectivity index (χ4v) is 3.87. The molecular weight excluding hydrogens is 444 g/mol. The minimum absolute atomic E-state index is 0.0628. The van der Waals surface area contributed by atoms with Gasteiger partial charge >= 0.3 is 0 Å². The van der Waals surface area contributed by atoms with Crippen molar-refractivity contribution in [2.75, 3.05) is 4.90 Å². The molecule has 1 heterocycles. The molecule has 1 aliphatic rings. The van der Waals surface area contributed by atoms with Gasteiger partial charge in [0, 0.05) is 11.6 Å². The molecule has 4 rings (SSSR count). The van der Waals surface area contributed by atoms with Crippen LogP contribution in [-0.2, 0) is 9.59 Å². The highest BCUT2D eigenvalue weighted by molar-refractivity contribution is 6.51. The number of ether oxygens (including phenoxy) is 1. The van der Waals surface area contributed by atoms with Crippen LogP contribution in [0.4, 0.5) is 14.5 Å². The molecule has 1 atom stereocenters. The monoisotopic (exact) mass is 465 g/mol. The van der Waals surface area contributed by atoms with Gasteiger partial charge in [0.1, 0.15) is 28.9 Å². The molecule has 34 heavy (non-hydrogen) atoms. The Morgan fingerprint density at radius 2 is 1.71 bits per heavy atom. The third-order valence-electron chi connectivity index (χ3n) is 5.30. The molecule has 0 bridgehead atoms. The first kappa shape index (κ1) is 23.0. The highest BCUT2D eigenvalue weighted by Gasteiger charge is 2.47. The van der Waals surface area contributed by atoms with Gasteiger partial charge in [0.15, 0.2) is 0 Å².